The highest BCUT2D eigenvalue weighted by atomic mass is 16.6. The van der Waals surface area contributed by atoms with Gasteiger partial charge in [-0.15, -0.1) is 0 Å². The van der Waals surface area contributed by atoms with Crippen molar-refractivity contribution in [1.82, 2.24) is 0 Å². The lowest BCUT2D eigenvalue weighted by molar-refractivity contribution is -0.166. The van der Waals surface area contributed by atoms with Gasteiger partial charge >= 0.3 is 17.9 Å². The zero-order chi connectivity index (χ0) is 59.2. The van der Waals surface area contributed by atoms with Crippen molar-refractivity contribution in [2.45, 2.75) is 329 Å². The smallest absolute Gasteiger partial charge is 0.309 e. The van der Waals surface area contributed by atoms with Gasteiger partial charge in [-0.25, -0.2) is 0 Å². The molecule has 6 nitrogen and oxygen atoms in total. The Morgan fingerprint density at radius 2 is 0.524 bits per heavy atom. The molecule has 6 heteroatoms. The van der Waals surface area contributed by atoms with Crippen LogP contribution in [0.5, 0.6) is 0 Å². The number of allylic oxidation sites excluding steroid dienone is 19. The van der Waals surface area contributed by atoms with Crippen LogP contribution in [0.3, 0.4) is 0 Å². The molecular formula is C76H128O6. The minimum atomic E-state index is -0.820. The normalized spacial score (nSPS) is 12.9. The highest BCUT2D eigenvalue weighted by molar-refractivity contribution is 5.72. The van der Waals surface area contributed by atoms with Crippen LogP contribution in [-0.4, -0.2) is 37.2 Å². The first-order chi connectivity index (χ1) is 40.5. The summed E-state index contributed by atoms with van der Waals surface area (Å²) >= 11 is 0. The molecule has 0 fully saturated rings. The zero-order valence-electron chi connectivity index (χ0n) is 53.7. The summed E-state index contributed by atoms with van der Waals surface area (Å²) in [5.41, 5.74) is 0. The SMILES string of the molecule is CC/C=C\C/C=C\C/C=C\C/C=C\C/C=C\CCCCCCCCCCCCCCCC(=O)OCC(COC(=O)C/C=C\C/C=C\C/C=C\C/C=C\C/C=C\CC)OC(=O)CCCCCCCCCCCCCCCCCCCCCC. The Labute approximate surface area is 507 Å². The van der Waals surface area contributed by atoms with Crippen molar-refractivity contribution in [2.24, 2.45) is 0 Å². The van der Waals surface area contributed by atoms with Crippen LogP contribution in [0.25, 0.3) is 0 Å². The van der Waals surface area contributed by atoms with Crippen LogP contribution < -0.4 is 0 Å². The molecule has 0 aliphatic rings. The molecule has 0 aliphatic heterocycles. The lowest BCUT2D eigenvalue weighted by Crippen LogP contribution is -2.30. The third-order valence-electron chi connectivity index (χ3n) is 14.7. The first-order valence-corrected chi connectivity index (χ1v) is 34.5. The van der Waals surface area contributed by atoms with Crippen molar-refractivity contribution < 1.29 is 28.6 Å². The molecule has 0 saturated carbocycles. The van der Waals surface area contributed by atoms with Crippen molar-refractivity contribution in [3.8, 4) is 0 Å². The molecule has 0 heterocycles. The first kappa shape index (κ1) is 77.8. The van der Waals surface area contributed by atoms with Gasteiger partial charge in [0.2, 0.25) is 0 Å². The van der Waals surface area contributed by atoms with Crippen LogP contribution in [0.4, 0.5) is 0 Å². The van der Waals surface area contributed by atoms with E-state index in [4.69, 9.17) is 14.2 Å². The van der Waals surface area contributed by atoms with Gasteiger partial charge in [0.1, 0.15) is 13.2 Å². The summed E-state index contributed by atoms with van der Waals surface area (Å²) in [5.74, 6) is -1.03. The zero-order valence-corrected chi connectivity index (χ0v) is 53.7. The van der Waals surface area contributed by atoms with Crippen LogP contribution in [0.15, 0.2) is 122 Å². The Hall–Kier alpha value is -4.19. The Balaban J connectivity index is 4.34. The number of esters is 3. The molecule has 0 spiro atoms. The number of ether oxygens (including phenoxy) is 3. The fourth-order valence-electron chi connectivity index (χ4n) is 9.66. The monoisotopic (exact) mass is 1140 g/mol. The first-order valence-electron chi connectivity index (χ1n) is 34.5. The molecule has 1 unspecified atom stereocenters. The maximum Gasteiger partial charge on any atom is 0.309 e. The van der Waals surface area contributed by atoms with Crippen molar-refractivity contribution in [3.63, 3.8) is 0 Å². The largest absolute Gasteiger partial charge is 0.462 e. The summed E-state index contributed by atoms with van der Waals surface area (Å²) in [7, 11) is 0. The van der Waals surface area contributed by atoms with Gasteiger partial charge in [0.15, 0.2) is 6.10 Å². The van der Waals surface area contributed by atoms with E-state index in [0.717, 1.165) is 103 Å². The minimum absolute atomic E-state index is 0.107. The molecule has 0 aliphatic carbocycles. The molecule has 1 atom stereocenters. The van der Waals surface area contributed by atoms with Crippen molar-refractivity contribution in [2.75, 3.05) is 13.2 Å². The van der Waals surface area contributed by atoms with Gasteiger partial charge in [0, 0.05) is 12.8 Å². The van der Waals surface area contributed by atoms with Crippen LogP contribution >= 0.6 is 0 Å². The van der Waals surface area contributed by atoms with Crippen molar-refractivity contribution in [1.29, 1.82) is 0 Å². The second-order valence-corrected chi connectivity index (χ2v) is 22.7. The summed E-state index contributed by atoms with van der Waals surface area (Å²) in [6.45, 7) is 6.36. The third-order valence-corrected chi connectivity index (χ3v) is 14.7. The highest BCUT2D eigenvalue weighted by Gasteiger charge is 2.19. The molecule has 82 heavy (non-hydrogen) atoms. The fraction of sp³-hybridized carbons (Fsp3) is 0.697. The molecular weight excluding hydrogens is 1010 g/mol. The van der Waals surface area contributed by atoms with Crippen LogP contribution in [0.1, 0.15) is 323 Å². The van der Waals surface area contributed by atoms with E-state index >= 15 is 0 Å². The molecule has 0 amide bonds. The van der Waals surface area contributed by atoms with E-state index in [0.29, 0.717) is 12.8 Å². The molecule has 0 aromatic heterocycles. The molecule has 0 aromatic carbocycles. The lowest BCUT2D eigenvalue weighted by atomic mass is 10.0. The van der Waals surface area contributed by atoms with Crippen LogP contribution in [-0.2, 0) is 28.6 Å². The number of rotatable bonds is 62. The number of unbranched alkanes of at least 4 members (excludes halogenated alkanes) is 32. The molecule has 0 saturated heterocycles. The summed E-state index contributed by atoms with van der Waals surface area (Å²) in [6.07, 6.45) is 96.8. The minimum Gasteiger partial charge on any atom is -0.462 e. The maximum atomic E-state index is 12.9. The standard InChI is InChI=1S/C76H128O6/c1-4-7-10-13-16-19-22-25-28-30-32-34-35-36-37-38-39-40-41-42-44-45-48-51-54-57-60-63-66-69-75(78)81-72-73(71-80-74(77)68-65-62-59-56-53-50-47-27-24-21-18-15-12-9-6-3)82-76(79)70-67-64-61-58-55-52-49-46-43-33-31-29-26-23-20-17-14-11-8-5-2/h7,9-10,12,16,18-19,21,25,27-28,32,34,36-37,47,53,56,62,65,73H,4-6,8,11,13-15,17,20,22-24,26,29-31,33,35,38-46,48-52,54-55,57-61,63-64,66-72H2,1-3H3/b10-7-,12-9-,19-16-,21-18-,28-25-,34-32-,37-36-,47-27-,56-53-,65-62-. The third kappa shape index (κ3) is 66.6. The molecule has 0 N–H and O–H groups in total. The van der Waals surface area contributed by atoms with Crippen LogP contribution in [0, 0.1) is 0 Å². The van der Waals surface area contributed by atoms with Gasteiger partial charge in [-0.3, -0.25) is 14.4 Å². The molecule has 468 valence electrons. The van der Waals surface area contributed by atoms with Gasteiger partial charge in [-0.2, -0.15) is 0 Å². The fourth-order valence-corrected chi connectivity index (χ4v) is 9.66. The molecule has 0 rings (SSSR count). The Morgan fingerprint density at radius 3 is 0.854 bits per heavy atom. The van der Waals surface area contributed by atoms with Gasteiger partial charge in [-0.05, 0) is 89.9 Å². The van der Waals surface area contributed by atoms with E-state index in [9.17, 15) is 14.4 Å². The van der Waals surface area contributed by atoms with Crippen molar-refractivity contribution >= 4 is 17.9 Å². The Morgan fingerprint density at radius 1 is 0.268 bits per heavy atom. The predicted octanol–water partition coefficient (Wildman–Crippen LogP) is 23.9. The van der Waals surface area contributed by atoms with Gasteiger partial charge < -0.3 is 14.2 Å². The van der Waals surface area contributed by atoms with Crippen LogP contribution in [0.2, 0.25) is 0 Å². The van der Waals surface area contributed by atoms with Gasteiger partial charge in [0.25, 0.3) is 0 Å². The van der Waals surface area contributed by atoms with E-state index in [-0.39, 0.29) is 31.6 Å². The van der Waals surface area contributed by atoms with Gasteiger partial charge in [-0.1, -0.05) is 335 Å². The molecule has 0 radical (unpaired) electrons. The van der Waals surface area contributed by atoms with E-state index in [1.807, 2.05) is 6.08 Å². The number of hydrogen-bond donors (Lipinski definition) is 0. The second-order valence-electron chi connectivity index (χ2n) is 22.7. The quantitative estimate of drug-likeness (QED) is 0.0261. The Kier molecular flexibility index (Phi) is 65.8. The summed E-state index contributed by atoms with van der Waals surface area (Å²) in [6, 6.07) is 0. The predicted molar refractivity (Wildman–Crippen MR) is 357 cm³/mol. The molecule has 0 bridgehead atoms. The summed E-state index contributed by atoms with van der Waals surface area (Å²) in [4.78, 5) is 38.3. The number of hydrogen-bond acceptors (Lipinski definition) is 6. The summed E-state index contributed by atoms with van der Waals surface area (Å²) < 4.78 is 16.9. The van der Waals surface area contributed by atoms with Gasteiger partial charge in [0.05, 0.1) is 6.42 Å². The maximum absolute atomic E-state index is 12.9. The molecule has 0 aromatic rings. The summed E-state index contributed by atoms with van der Waals surface area (Å²) in [5, 5.41) is 0. The van der Waals surface area contributed by atoms with E-state index in [1.165, 1.54) is 180 Å². The second kappa shape index (κ2) is 69.3. The average molecular weight is 1140 g/mol. The Bertz CT molecular complexity index is 1690. The number of carbonyl (C=O) groups is 3. The lowest BCUT2D eigenvalue weighted by Gasteiger charge is -2.18. The van der Waals surface area contributed by atoms with E-state index in [1.54, 1.807) is 6.08 Å². The van der Waals surface area contributed by atoms with E-state index < -0.39 is 12.1 Å². The highest BCUT2D eigenvalue weighted by Crippen LogP contribution is 2.17. The van der Waals surface area contributed by atoms with Crippen molar-refractivity contribution in [3.05, 3.63) is 122 Å². The topological polar surface area (TPSA) is 78.9 Å². The number of carbonyl (C=O) groups excluding carboxylic acids is 3. The van der Waals surface area contributed by atoms with E-state index in [2.05, 4.69) is 130 Å². The average Bonchev–Trinajstić information content (AvgIpc) is 3.47.